The Hall–Kier alpha value is 0.320. The van der Waals surface area contributed by atoms with Crippen LogP contribution >= 0.6 is 81.6 Å². The lowest BCUT2D eigenvalue weighted by atomic mass is 10.3. The minimum atomic E-state index is -1.74. The average Bonchev–Trinajstić information content (AvgIpc) is 2.37. The lowest BCUT2D eigenvalue weighted by Gasteiger charge is -2.30. The Morgan fingerprint density at radius 2 is 1.57 bits per heavy atom. The topological polar surface area (TPSA) is 27.6 Å². The summed E-state index contributed by atoms with van der Waals surface area (Å²) < 4.78 is -2.07. The number of rotatable bonds is 2. The summed E-state index contributed by atoms with van der Waals surface area (Å²) >= 11 is 36.4. The van der Waals surface area contributed by atoms with E-state index >= 15 is 0 Å². The Morgan fingerprint density at radius 1 is 0.952 bits per heavy atom. The number of hydrogen-bond acceptors (Lipinski definition) is 4. The van der Waals surface area contributed by atoms with Crippen molar-refractivity contribution in [2.24, 2.45) is 5.10 Å². The summed E-state index contributed by atoms with van der Waals surface area (Å²) in [5.41, 5.74) is 3.21. The molecule has 0 aromatic heterocycles. The molecule has 0 amide bonds. The van der Waals surface area contributed by atoms with E-state index in [4.69, 9.17) is 69.6 Å². The van der Waals surface area contributed by atoms with E-state index in [9.17, 15) is 0 Å². The molecule has 114 valence electrons. The van der Waals surface area contributed by atoms with E-state index in [-0.39, 0.29) is 11.4 Å². The van der Waals surface area contributed by atoms with Gasteiger partial charge in [0.2, 0.25) is 7.59 Å². The van der Waals surface area contributed by atoms with Crippen LogP contribution in [0.5, 0.6) is 0 Å². The first-order valence-electron chi connectivity index (χ1n) is 5.41. The third-order valence-electron chi connectivity index (χ3n) is 2.23. The molecule has 0 saturated carbocycles. The highest BCUT2D eigenvalue weighted by Gasteiger charge is 2.36. The summed E-state index contributed by atoms with van der Waals surface area (Å²) in [6, 6.07) is 9.46. The molecule has 1 aromatic rings. The molecule has 1 N–H and O–H groups in total. The molecule has 0 fully saturated rings. The summed E-state index contributed by atoms with van der Waals surface area (Å²) in [4.78, 5) is 0.906. The minimum absolute atomic E-state index is 0.135. The van der Waals surface area contributed by atoms with E-state index in [0.717, 1.165) is 4.90 Å². The van der Waals surface area contributed by atoms with Gasteiger partial charge in [-0.2, -0.15) is 0 Å². The van der Waals surface area contributed by atoms with E-state index in [1.165, 1.54) is 22.5 Å². The van der Waals surface area contributed by atoms with Crippen LogP contribution in [0.4, 0.5) is 0 Å². The molecule has 2 rings (SSSR count). The lowest BCUT2D eigenvalue weighted by molar-refractivity contribution is 0.404. The fraction of sp³-hybridized carbons (Fsp3) is 0.182. The second-order valence-corrected chi connectivity index (χ2v) is 9.39. The number of hydrogen-bond donors (Lipinski definition) is 1. The maximum absolute atomic E-state index is 5.88. The molecule has 1 aromatic carbocycles. The Balaban J connectivity index is 2.28. The second-order valence-electron chi connectivity index (χ2n) is 3.83. The maximum Gasteiger partial charge on any atom is 0.234 e. The van der Waals surface area contributed by atoms with Crippen LogP contribution in [0, 0.1) is 0 Å². The van der Waals surface area contributed by atoms with Gasteiger partial charge in [0.25, 0.3) is 0 Å². The first-order chi connectivity index (χ1) is 9.66. The third-order valence-corrected chi connectivity index (χ3v) is 4.25. The largest absolute Gasteiger partial charge is 0.271 e. The van der Waals surface area contributed by atoms with Gasteiger partial charge in [0.15, 0.2) is 0 Å². The molecule has 0 saturated heterocycles. The van der Waals surface area contributed by atoms with Gasteiger partial charge in [-0.3, -0.25) is 5.43 Å². The maximum atomic E-state index is 5.88. The van der Waals surface area contributed by atoms with Gasteiger partial charge in [-0.1, -0.05) is 87.8 Å². The predicted molar refractivity (Wildman–Crippen MR) is 93.4 cm³/mol. The number of allylic oxidation sites excluding steroid dienone is 2. The number of hydrazine groups is 1. The SMILES string of the molecule is ClC(Cl)(Cl)C1=CC(C(Cl)(Cl)Cl)=NN(Sc2ccccc2)N1. The molecule has 21 heavy (non-hydrogen) atoms. The van der Waals surface area contributed by atoms with Crippen molar-refractivity contribution >= 4 is 87.3 Å². The highest BCUT2D eigenvalue weighted by Crippen LogP contribution is 2.39. The zero-order chi connectivity index (χ0) is 15.7. The molecular weight excluding hydrogens is 419 g/mol. The van der Waals surface area contributed by atoms with Crippen molar-refractivity contribution in [3.05, 3.63) is 42.1 Å². The van der Waals surface area contributed by atoms with Crippen LogP contribution in [0.3, 0.4) is 0 Å². The molecule has 1 aliphatic rings. The van der Waals surface area contributed by atoms with E-state index in [1.54, 1.807) is 0 Å². The molecule has 10 heteroatoms. The normalized spacial score (nSPS) is 16.2. The van der Waals surface area contributed by atoms with Crippen LogP contribution in [0.2, 0.25) is 0 Å². The van der Waals surface area contributed by atoms with Gasteiger partial charge in [-0.05, 0) is 18.2 Å². The van der Waals surface area contributed by atoms with Crippen molar-refractivity contribution in [3.8, 4) is 0 Å². The van der Waals surface area contributed by atoms with Gasteiger partial charge in [0.05, 0.1) is 5.70 Å². The van der Waals surface area contributed by atoms with Gasteiger partial charge >= 0.3 is 0 Å². The average molecular weight is 426 g/mol. The van der Waals surface area contributed by atoms with Crippen molar-refractivity contribution in [2.75, 3.05) is 0 Å². The summed E-state index contributed by atoms with van der Waals surface area (Å²) in [5, 5.41) is 4.17. The first kappa shape index (κ1) is 17.7. The van der Waals surface area contributed by atoms with Crippen LogP contribution in [-0.2, 0) is 0 Å². The van der Waals surface area contributed by atoms with Gasteiger partial charge in [0.1, 0.15) is 5.71 Å². The molecule has 0 bridgehead atoms. The summed E-state index contributed by atoms with van der Waals surface area (Å²) in [7, 11) is 0. The molecule has 0 atom stereocenters. The number of nitrogens with one attached hydrogen (secondary N) is 1. The van der Waals surface area contributed by atoms with Gasteiger partial charge in [0, 0.05) is 16.8 Å². The highest BCUT2D eigenvalue weighted by atomic mass is 35.6. The molecule has 0 aliphatic carbocycles. The minimum Gasteiger partial charge on any atom is -0.271 e. The van der Waals surface area contributed by atoms with Gasteiger partial charge in [-0.25, -0.2) is 0 Å². The van der Waals surface area contributed by atoms with Crippen LogP contribution in [0.15, 0.2) is 52.1 Å². The molecule has 1 aliphatic heterocycles. The Morgan fingerprint density at radius 3 is 2.10 bits per heavy atom. The van der Waals surface area contributed by atoms with Crippen molar-refractivity contribution in [1.29, 1.82) is 0 Å². The monoisotopic (exact) mass is 423 g/mol. The van der Waals surface area contributed by atoms with Crippen LogP contribution in [-0.4, -0.2) is 17.8 Å². The molecule has 3 nitrogen and oxygen atoms in total. The van der Waals surface area contributed by atoms with Crippen LogP contribution in [0.1, 0.15) is 0 Å². The zero-order valence-electron chi connectivity index (χ0n) is 10.0. The fourth-order valence-corrected chi connectivity index (χ4v) is 2.65. The molecule has 1 heterocycles. The van der Waals surface area contributed by atoms with E-state index in [0.29, 0.717) is 0 Å². The quantitative estimate of drug-likeness (QED) is 0.501. The van der Waals surface area contributed by atoms with E-state index in [2.05, 4.69) is 10.5 Å². The molecule has 0 unspecified atom stereocenters. The first-order valence-corrected chi connectivity index (χ1v) is 8.45. The Bertz CT molecular complexity index is 564. The number of alkyl halides is 6. The summed E-state index contributed by atoms with van der Waals surface area (Å²) in [6.45, 7) is 0. The van der Waals surface area contributed by atoms with E-state index < -0.39 is 7.59 Å². The summed E-state index contributed by atoms with van der Waals surface area (Å²) in [6.07, 6.45) is 1.39. The Labute approximate surface area is 156 Å². The number of benzene rings is 1. The predicted octanol–water partition coefficient (Wildman–Crippen LogP) is 5.49. The molecular formula is C11H7Cl6N3S. The van der Waals surface area contributed by atoms with E-state index in [1.807, 2.05) is 30.3 Å². The standard InChI is InChI=1S/C11H7Cl6N3S/c12-10(13,14)8-6-9(11(15,16)17)19-20(18-8)21-7-4-2-1-3-5-7/h1-6,18H. The third kappa shape index (κ3) is 5.17. The smallest absolute Gasteiger partial charge is 0.234 e. The van der Waals surface area contributed by atoms with Gasteiger partial charge < -0.3 is 0 Å². The second kappa shape index (κ2) is 6.83. The number of halogens is 6. The Kier molecular flexibility index (Phi) is 5.75. The fourth-order valence-electron chi connectivity index (χ4n) is 1.33. The van der Waals surface area contributed by atoms with Crippen LogP contribution in [0.25, 0.3) is 0 Å². The van der Waals surface area contributed by atoms with Crippen molar-refractivity contribution in [3.63, 3.8) is 0 Å². The van der Waals surface area contributed by atoms with Gasteiger partial charge in [-0.15, -0.1) is 9.62 Å². The van der Waals surface area contributed by atoms with Crippen molar-refractivity contribution in [1.82, 2.24) is 9.95 Å². The number of nitrogens with zero attached hydrogens (tertiary/aromatic N) is 2. The van der Waals surface area contributed by atoms with Crippen molar-refractivity contribution < 1.29 is 0 Å². The van der Waals surface area contributed by atoms with Crippen LogP contribution < -0.4 is 5.43 Å². The highest BCUT2D eigenvalue weighted by molar-refractivity contribution is 7.97. The lowest BCUT2D eigenvalue weighted by Crippen LogP contribution is -2.39. The number of hydrazone groups is 1. The molecule has 0 radical (unpaired) electrons. The van der Waals surface area contributed by atoms with Crippen molar-refractivity contribution in [2.45, 2.75) is 12.5 Å². The zero-order valence-corrected chi connectivity index (χ0v) is 15.4. The summed E-state index contributed by atoms with van der Waals surface area (Å²) in [5.74, 6) is 0. The molecule has 0 spiro atoms.